The van der Waals surface area contributed by atoms with Gasteiger partial charge in [-0.3, -0.25) is 0 Å². The van der Waals surface area contributed by atoms with Crippen molar-refractivity contribution in [2.45, 2.75) is 30.4 Å². The molecule has 8 heterocycles. The van der Waals surface area contributed by atoms with Gasteiger partial charge in [-0.15, -0.1) is 0 Å². The van der Waals surface area contributed by atoms with Crippen molar-refractivity contribution in [2.75, 3.05) is 9.80 Å². The average Bonchev–Trinajstić information content (AvgIpc) is 1.38. The molecule has 4 aromatic heterocycles. The third kappa shape index (κ3) is 10.8. The Morgan fingerprint density at radius 1 is 0.177 bits per heavy atom. The van der Waals surface area contributed by atoms with E-state index in [1.165, 1.54) is 185 Å². The Morgan fingerprint density at radius 2 is 0.508 bits per heavy atom. The van der Waals surface area contributed by atoms with Gasteiger partial charge in [-0.2, -0.15) is 0 Å². The molecule has 0 fully saturated rings. The Hall–Kier alpha value is -16.1. The monoisotopic (exact) mass is 1690 g/mol. The molecule has 6 nitrogen and oxygen atoms in total. The first-order valence-corrected chi connectivity index (χ1v) is 46.3. The van der Waals surface area contributed by atoms with E-state index in [0.29, 0.717) is 0 Å². The van der Waals surface area contributed by atoms with Gasteiger partial charge in [-0.25, -0.2) is 0 Å². The van der Waals surface area contributed by atoms with Crippen LogP contribution in [0.15, 0.2) is 493 Å². The predicted molar refractivity (Wildman–Crippen MR) is 542 cm³/mol. The van der Waals surface area contributed by atoms with Gasteiger partial charge in [0.25, 0.3) is 0 Å². The highest BCUT2D eigenvalue weighted by Gasteiger charge is 2.52. The molecule has 0 N–H and O–H groups in total. The molecular formula is C122H78N6S2. The Morgan fingerprint density at radius 3 is 0.985 bits per heavy atom. The SMILES string of the molecule is c1ccc(-c2ccc(N(c3ccccc3)c3ccc(-n4c5ccccc5c5cc6c(cc54)Sc4ccccc4C64c5ccccc5-n5c6ccccc6c6cccc4c65)cc3)cc2)cc1.c1ccc(-c2ccc(N(c3ccccc3)c3ccc(-n4c5ccccc5c5ccc6c(c54)Sc4ccccc4C64c5ccccc5-n5c6ccccc6c6cccc4c65)cc3)cc2)cc1. The van der Waals surface area contributed by atoms with E-state index >= 15 is 0 Å². The molecular weight excluding hydrogens is 1610 g/mol. The maximum absolute atomic E-state index is 2.55. The van der Waals surface area contributed by atoms with E-state index in [0.717, 1.165) is 45.5 Å². The van der Waals surface area contributed by atoms with Crippen LogP contribution < -0.4 is 9.80 Å². The Labute approximate surface area is 760 Å². The summed E-state index contributed by atoms with van der Waals surface area (Å²) >= 11 is 3.82. The molecule has 24 aromatic rings. The van der Waals surface area contributed by atoms with E-state index in [1.807, 2.05) is 23.5 Å². The molecule has 0 bridgehead atoms. The van der Waals surface area contributed by atoms with Gasteiger partial charge < -0.3 is 28.1 Å². The third-order valence-electron chi connectivity index (χ3n) is 27.9. The largest absolute Gasteiger partial charge is 0.311 e. The zero-order valence-corrected chi connectivity index (χ0v) is 72.2. The van der Waals surface area contributed by atoms with Crippen LogP contribution in [0.3, 0.4) is 0 Å². The molecule has 608 valence electrons. The smallest absolute Gasteiger partial charge is 0.0765 e. The molecule has 0 saturated carbocycles. The number of aromatic nitrogens is 4. The van der Waals surface area contributed by atoms with Crippen molar-refractivity contribution in [3.63, 3.8) is 0 Å². The summed E-state index contributed by atoms with van der Waals surface area (Å²) in [5.41, 5.74) is 35.6. The lowest BCUT2D eigenvalue weighted by atomic mass is 9.62. The first kappa shape index (κ1) is 74.2. The van der Waals surface area contributed by atoms with Crippen molar-refractivity contribution in [1.29, 1.82) is 0 Å². The minimum absolute atomic E-state index is 0.545. The molecule has 4 aliphatic heterocycles. The normalized spacial score (nSPS) is 14.8. The molecule has 0 radical (unpaired) electrons. The van der Waals surface area contributed by atoms with Crippen LogP contribution in [0.1, 0.15) is 44.5 Å². The fourth-order valence-corrected chi connectivity index (χ4v) is 25.1. The summed E-state index contributed by atoms with van der Waals surface area (Å²) in [5.74, 6) is 0. The van der Waals surface area contributed by atoms with Crippen molar-refractivity contribution in [2.24, 2.45) is 0 Å². The first-order chi connectivity index (χ1) is 64.5. The number of hydrogen-bond donors (Lipinski definition) is 0. The highest BCUT2D eigenvalue weighted by Crippen LogP contribution is 2.65. The van der Waals surface area contributed by atoms with Crippen LogP contribution >= 0.6 is 23.5 Å². The van der Waals surface area contributed by atoms with Crippen LogP contribution in [0.4, 0.5) is 34.1 Å². The fraction of sp³-hybridized carbons (Fsp3) is 0.0164. The maximum atomic E-state index is 2.55. The van der Waals surface area contributed by atoms with Crippen molar-refractivity contribution >= 4 is 145 Å². The first-order valence-electron chi connectivity index (χ1n) is 44.7. The Balaban J connectivity index is 0.000000134. The summed E-state index contributed by atoms with van der Waals surface area (Å²) in [4.78, 5) is 9.84. The lowest BCUT2D eigenvalue weighted by Crippen LogP contribution is -2.37. The van der Waals surface area contributed by atoms with E-state index < -0.39 is 10.8 Å². The van der Waals surface area contributed by atoms with Gasteiger partial charge in [0.2, 0.25) is 0 Å². The topological polar surface area (TPSA) is 26.2 Å². The van der Waals surface area contributed by atoms with Gasteiger partial charge in [0.15, 0.2) is 0 Å². The van der Waals surface area contributed by atoms with Crippen LogP contribution in [-0.2, 0) is 10.8 Å². The molecule has 0 saturated heterocycles. The quantitative estimate of drug-likeness (QED) is 0.136. The number of hydrogen-bond acceptors (Lipinski definition) is 4. The lowest BCUT2D eigenvalue weighted by molar-refractivity contribution is 0.691. The average molecular weight is 1690 g/mol. The summed E-state index contributed by atoms with van der Waals surface area (Å²) in [6.45, 7) is 0. The molecule has 4 aliphatic rings. The van der Waals surface area contributed by atoms with Gasteiger partial charge in [0, 0.05) is 108 Å². The number of benzene rings is 20. The van der Waals surface area contributed by atoms with Gasteiger partial charge >= 0.3 is 0 Å². The van der Waals surface area contributed by atoms with E-state index in [2.05, 4.69) is 501 Å². The van der Waals surface area contributed by atoms with Crippen molar-refractivity contribution in [3.05, 3.63) is 518 Å². The van der Waals surface area contributed by atoms with Crippen molar-refractivity contribution < 1.29 is 0 Å². The van der Waals surface area contributed by atoms with Gasteiger partial charge in [-0.05, 0) is 224 Å². The lowest BCUT2D eigenvalue weighted by Gasteiger charge is -2.45. The van der Waals surface area contributed by atoms with Gasteiger partial charge in [0.1, 0.15) is 0 Å². The minimum Gasteiger partial charge on any atom is -0.311 e. The van der Waals surface area contributed by atoms with E-state index in [1.54, 1.807) is 0 Å². The predicted octanol–water partition coefficient (Wildman–Crippen LogP) is 32.4. The molecule has 20 aromatic carbocycles. The highest BCUT2D eigenvalue weighted by atomic mass is 32.2. The van der Waals surface area contributed by atoms with Crippen LogP contribution in [0.2, 0.25) is 0 Å². The zero-order chi connectivity index (χ0) is 85.3. The van der Waals surface area contributed by atoms with E-state index in [-0.39, 0.29) is 0 Å². The number of fused-ring (bicyclic) bond motifs is 29. The summed E-state index contributed by atoms with van der Waals surface area (Å²) in [5, 5.41) is 10.1. The molecule has 2 spiro atoms. The second-order valence-electron chi connectivity index (χ2n) is 34.4. The molecule has 8 heteroatoms. The second kappa shape index (κ2) is 29.2. The fourth-order valence-electron chi connectivity index (χ4n) is 22.6. The van der Waals surface area contributed by atoms with Gasteiger partial charge in [-0.1, -0.05) is 339 Å². The summed E-state index contributed by atoms with van der Waals surface area (Å²) in [7, 11) is 0. The number of nitrogens with zero attached hydrogens (tertiary/aromatic N) is 6. The molecule has 130 heavy (non-hydrogen) atoms. The summed E-state index contributed by atoms with van der Waals surface area (Å²) < 4.78 is 10.0. The summed E-state index contributed by atoms with van der Waals surface area (Å²) in [6.07, 6.45) is 0. The maximum Gasteiger partial charge on any atom is 0.0765 e. The number of rotatable bonds is 10. The van der Waals surface area contributed by atoms with Crippen LogP contribution in [0.25, 0.3) is 132 Å². The molecule has 2 unspecified atom stereocenters. The number of para-hydroxylation sites is 10. The Bertz CT molecular complexity index is 8720. The standard InChI is InChI=1S/2C61H39N3S/c1-3-16-40(17-4-1)41-30-32-43(33-31-41)62(42-18-5-2-6-19-42)44-34-36-45(37-35-44)63-54-26-11-8-21-47(54)49-38-53-59(39-57(49)63)65-58-29-14-10-24-51(58)61(53)50-23-9-13-28-56(50)64-55-27-12-7-20-46(55)48-22-15-25-52(61)60(48)64;1-3-16-40(17-4-1)41-30-32-43(33-31-41)62(42-18-5-2-6-19-42)44-34-36-45(37-35-44)63-54-26-11-7-21-47(54)49-38-39-53-60(59(49)63)65-57-29-14-10-24-51(57)61(53)50-23-9-13-28-56(50)64-55-27-12-8-20-46(55)48-22-15-25-52(61)58(48)64/h2*1-39H. The summed E-state index contributed by atoms with van der Waals surface area (Å²) in [6, 6.07) is 175. The van der Waals surface area contributed by atoms with Crippen LogP contribution in [0, 0.1) is 0 Å². The Kier molecular flexibility index (Phi) is 16.7. The third-order valence-corrected chi connectivity index (χ3v) is 30.2. The highest BCUT2D eigenvalue weighted by molar-refractivity contribution is 8.00. The minimum atomic E-state index is -0.566. The molecule has 0 amide bonds. The zero-order valence-electron chi connectivity index (χ0n) is 70.5. The van der Waals surface area contributed by atoms with E-state index in [9.17, 15) is 0 Å². The second-order valence-corrected chi connectivity index (χ2v) is 36.6. The molecule has 0 aliphatic carbocycles. The van der Waals surface area contributed by atoms with Crippen molar-refractivity contribution in [3.8, 4) is 45.0 Å². The van der Waals surface area contributed by atoms with Crippen LogP contribution in [0.5, 0.6) is 0 Å². The van der Waals surface area contributed by atoms with E-state index in [4.69, 9.17) is 0 Å². The van der Waals surface area contributed by atoms with Crippen LogP contribution in [-0.4, -0.2) is 18.3 Å². The number of anilines is 6. The van der Waals surface area contributed by atoms with Crippen molar-refractivity contribution in [1.82, 2.24) is 18.3 Å². The molecule has 2 atom stereocenters. The van der Waals surface area contributed by atoms with Gasteiger partial charge in [0.05, 0.1) is 66.3 Å². The molecule has 28 rings (SSSR count).